The summed E-state index contributed by atoms with van der Waals surface area (Å²) in [6.45, 7) is 5.25. The van der Waals surface area contributed by atoms with Gasteiger partial charge < -0.3 is 14.5 Å². The lowest BCUT2D eigenvalue weighted by Crippen LogP contribution is -2.34. The molecular formula is C23H23ClN2O3. The van der Waals surface area contributed by atoms with E-state index in [9.17, 15) is 4.79 Å². The van der Waals surface area contributed by atoms with Gasteiger partial charge in [0, 0.05) is 23.6 Å². The molecule has 1 aliphatic rings. The third-order valence-electron chi connectivity index (χ3n) is 5.27. The van der Waals surface area contributed by atoms with E-state index in [0.717, 1.165) is 41.6 Å². The van der Waals surface area contributed by atoms with Crippen LogP contribution in [0, 0.1) is 13.8 Å². The number of nitrogens with one attached hydrogen (secondary N) is 1. The molecule has 0 aliphatic carbocycles. The highest BCUT2D eigenvalue weighted by Crippen LogP contribution is 2.22. The molecule has 1 aromatic heterocycles. The van der Waals surface area contributed by atoms with Crippen molar-refractivity contribution in [2.75, 3.05) is 13.2 Å². The molecule has 150 valence electrons. The molecule has 1 amide bonds. The molecule has 29 heavy (non-hydrogen) atoms. The Labute approximate surface area is 174 Å². The predicted molar refractivity (Wildman–Crippen MR) is 114 cm³/mol. The normalized spacial score (nSPS) is 17.1. The largest absolute Gasteiger partial charge is 0.438 e. The van der Waals surface area contributed by atoms with Crippen LogP contribution in [0.15, 0.2) is 51.9 Å². The van der Waals surface area contributed by atoms with Gasteiger partial charge in [-0.05, 0) is 68.1 Å². The number of aryl methyl sites for hydroxylation is 1. The second-order valence-corrected chi connectivity index (χ2v) is 7.76. The molecule has 5 nitrogen and oxygen atoms in total. The lowest BCUT2D eigenvalue weighted by molar-refractivity contribution is 0.0854. The topological polar surface area (TPSA) is 63.8 Å². The molecule has 0 saturated carbocycles. The molecule has 1 N–H and O–H groups in total. The van der Waals surface area contributed by atoms with Crippen molar-refractivity contribution < 1.29 is 13.9 Å². The minimum Gasteiger partial charge on any atom is -0.438 e. The smallest absolute Gasteiger partial charge is 0.256 e. The van der Waals surface area contributed by atoms with Crippen molar-refractivity contribution in [1.29, 1.82) is 0 Å². The summed E-state index contributed by atoms with van der Waals surface area (Å²) in [5.41, 5.74) is 4.22. The van der Waals surface area contributed by atoms with Gasteiger partial charge in [-0.3, -0.25) is 4.79 Å². The summed E-state index contributed by atoms with van der Waals surface area (Å²) >= 11 is 6.12. The molecule has 6 heteroatoms. The fraction of sp³-hybridized carbons (Fsp3) is 0.304. The summed E-state index contributed by atoms with van der Waals surface area (Å²) in [6.07, 6.45) is 2.04. The van der Waals surface area contributed by atoms with Crippen molar-refractivity contribution in [1.82, 2.24) is 5.32 Å². The number of fused-ring (bicyclic) bond motifs is 1. The predicted octanol–water partition coefficient (Wildman–Crippen LogP) is 4.84. The zero-order valence-electron chi connectivity index (χ0n) is 16.5. The van der Waals surface area contributed by atoms with E-state index >= 15 is 0 Å². The Morgan fingerprint density at radius 3 is 2.90 bits per heavy atom. The highest BCUT2D eigenvalue weighted by atomic mass is 35.5. The van der Waals surface area contributed by atoms with Crippen LogP contribution in [0.4, 0.5) is 5.69 Å². The number of halogens is 1. The summed E-state index contributed by atoms with van der Waals surface area (Å²) in [5, 5.41) is 4.29. The zero-order chi connectivity index (χ0) is 20.4. The first kappa shape index (κ1) is 19.7. The van der Waals surface area contributed by atoms with Gasteiger partial charge in [-0.25, -0.2) is 4.99 Å². The van der Waals surface area contributed by atoms with E-state index in [1.807, 2.05) is 32.0 Å². The van der Waals surface area contributed by atoms with Crippen molar-refractivity contribution >= 4 is 34.2 Å². The Kier molecular flexibility index (Phi) is 5.69. The van der Waals surface area contributed by atoms with Crippen molar-refractivity contribution in [2.24, 2.45) is 4.99 Å². The fourth-order valence-electron chi connectivity index (χ4n) is 3.42. The van der Waals surface area contributed by atoms with Crippen molar-refractivity contribution in [3.8, 4) is 0 Å². The maximum absolute atomic E-state index is 13.0. The third kappa shape index (κ3) is 4.36. The van der Waals surface area contributed by atoms with Crippen molar-refractivity contribution in [2.45, 2.75) is 32.8 Å². The number of benzene rings is 2. The van der Waals surface area contributed by atoms with E-state index in [-0.39, 0.29) is 17.6 Å². The van der Waals surface area contributed by atoms with Gasteiger partial charge in [0.25, 0.3) is 5.91 Å². The van der Waals surface area contributed by atoms with E-state index < -0.39 is 0 Å². The molecule has 2 aromatic carbocycles. The number of carbonyl (C=O) groups excluding carboxylic acids is 1. The molecule has 0 radical (unpaired) electrons. The van der Waals surface area contributed by atoms with Gasteiger partial charge in [0.2, 0.25) is 5.55 Å². The number of amides is 1. The molecule has 1 unspecified atom stereocenters. The van der Waals surface area contributed by atoms with Crippen LogP contribution in [-0.4, -0.2) is 25.2 Å². The zero-order valence-corrected chi connectivity index (χ0v) is 17.3. The highest BCUT2D eigenvalue weighted by molar-refractivity contribution is 6.31. The third-order valence-corrected chi connectivity index (χ3v) is 5.50. The maximum atomic E-state index is 13.0. The summed E-state index contributed by atoms with van der Waals surface area (Å²) in [4.78, 5) is 17.7. The van der Waals surface area contributed by atoms with Crippen molar-refractivity contribution in [3.63, 3.8) is 0 Å². The Morgan fingerprint density at radius 2 is 2.10 bits per heavy atom. The summed E-state index contributed by atoms with van der Waals surface area (Å²) in [5.74, 6) is -0.241. The fourth-order valence-corrected chi connectivity index (χ4v) is 3.60. The molecule has 0 spiro atoms. The Balaban J connectivity index is 1.79. The van der Waals surface area contributed by atoms with Crippen LogP contribution >= 0.6 is 11.6 Å². The molecule has 1 saturated heterocycles. The summed E-state index contributed by atoms with van der Waals surface area (Å²) in [6, 6.07) is 13.0. The minimum absolute atomic E-state index is 0.0604. The lowest BCUT2D eigenvalue weighted by Gasteiger charge is -2.11. The minimum atomic E-state index is -0.241. The van der Waals surface area contributed by atoms with Crippen LogP contribution in [0.3, 0.4) is 0 Å². The van der Waals surface area contributed by atoms with Gasteiger partial charge in [-0.1, -0.05) is 23.7 Å². The molecule has 0 bridgehead atoms. The second-order valence-electron chi connectivity index (χ2n) is 7.32. The lowest BCUT2D eigenvalue weighted by atomic mass is 10.1. The SMILES string of the molecule is Cc1cccc(N=c2oc3ccc(Cl)cc3cc2C(=O)NCC2CCCO2)c1C. The Bertz CT molecular complexity index is 1130. The summed E-state index contributed by atoms with van der Waals surface area (Å²) < 4.78 is 11.6. The Morgan fingerprint density at radius 1 is 1.24 bits per heavy atom. The molecule has 4 rings (SSSR count). The number of carbonyl (C=O) groups is 1. The molecule has 2 heterocycles. The molecule has 3 aromatic rings. The van der Waals surface area contributed by atoms with Crippen LogP contribution < -0.4 is 10.9 Å². The van der Waals surface area contributed by atoms with Gasteiger partial charge in [0.15, 0.2) is 0 Å². The molecular weight excluding hydrogens is 388 g/mol. The maximum Gasteiger partial charge on any atom is 0.256 e. The molecule has 1 fully saturated rings. The number of hydrogen-bond acceptors (Lipinski definition) is 4. The molecule has 1 aliphatic heterocycles. The number of nitrogens with zero attached hydrogens (tertiary/aromatic N) is 1. The van der Waals surface area contributed by atoms with Crippen LogP contribution in [0.2, 0.25) is 5.02 Å². The van der Waals surface area contributed by atoms with Gasteiger partial charge in [0.05, 0.1) is 11.8 Å². The number of rotatable bonds is 4. The first-order chi connectivity index (χ1) is 14.0. The quantitative estimate of drug-likeness (QED) is 0.669. The number of ether oxygens (including phenoxy) is 1. The monoisotopic (exact) mass is 410 g/mol. The highest BCUT2D eigenvalue weighted by Gasteiger charge is 2.18. The second kappa shape index (κ2) is 8.39. The van der Waals surface area contributed by atoms with E-state index in [0.29, 0.717) is 22.7 Å². The first-order valence-electron chi connectivity index (χ1n) is 9.75. The van der Waals surface area contributed by atoms with E-state index in [1.54, 1.807) is 24.3 Å². The first-order valence-corrected chi connectivity index (χ1v) is 10.1. The number of hydrogen-bond donors (Lipinski definition) is 1. The average molecular weight is 411 g/mol. The van der Waals surface area contributed by atoms with Crippen LogP contribution in [0.25, 0.3) is 11.0 Å². The van der Waals surface area contributed by atoms with Gasteiger partial charge in [-0.15, -0.1) is 0 Å². The van der Waals surface area contributed by atoms with Gasteiger partial charge in [-0.2, -0.15) is 0 Å². The van der Waals surface area contributed by atoms with Crippen LogP contribution in [0.1, 0.15) is 34.3 Å². The van der Waals surface area contributed by atoms with E-state index in [4.69, 9.17) is 20.8 Å². The average Bonchev–Trinajstić information content (AvgIpc) is 3.23. The van der Waals surface area contributed by atoms with E-state index in [2.05, 4.69) is 10.3 Å². The molecule has 1 atom stereocenters. The van der Waals surface area contributed by atoms with Crippen LogP contribution in [0.5, 0.6) is 0 Å². The van der Waals surface area contributed by atoms with Gasteiger partial charge in [0.1, 0.15) is 11.1 Å². The van der Waals surface area contributed by atoms with Crippen LogP contribution in [-0.2, 0) is 4.74 Å². The Hall–Kier alpha value is -2.63. The van der Waals surface area contributed by atoms with Gasteiger partial charge >= 0.3 is 0 Å². The summed E-state index contributed by atoms with van der Waals surface area (Å²) in [7, 11) is 0. The standard InChI is InChI=1S/C23H23ClN2O3/c1-14-5-3-7-20(15(14)2)26-23-19(22(27)25-13-18-6-4-10-28-18)12-16-11-17(24)8-9-21(16)29-23/h3,5,7-9,11-12,18H,4,6,10,13H2,1-2H3,(H,25,27). The van der Waals surface area contributed by atoms with E-state index in [1.165, 1.54) is 0 Å². The van der Waals surface area contributed by atoms with Crippen molar-refractivity contribution in [3.05, 3.63) is 69.7 Å².